The molecule has 1 heterocycles. The molecule has 0 radical (unpaired) electrons. The van der Waals surface area contributed by atoms with Crippen LogP contribution in [0.2, 0.25) is 0 Å². The third-order valence-corrected chi connectivity index (χ3v) is 3.13. The Hall–Kier alpha value is -2.01. The molecule has 0 unspecified atom stereocenters. The SMILES string of the molecule is C=CC(=C)Nc1cc(NC)c(CC)nc1N(C)N(C)C. The van der Waals surface area contributed by atoms with Gasteiger partial charge in [0, 0.05) is 33.9 Å². The summed E-state index contributed by atoms with van der Waals surface area (Å²) in [4.78, 5) is 4.75. The van der Waals surface area contributed by atoms with E-state index in [0.717, 1.165) is 35.0 Å². The number of hydrogen-bond acceptors (Lipinski definition) is 5. The molecule has 110 valence electrons. The van der Waals surface area contributed by atoms with Gasteiger partial charge < -0.3 is 10.6 Å². The number of anilines is 3. The van der Waals surface area contributed by atoms with Crippen LogP contribution < -0.4 is 15.6 Å². The second-order valence-electron chi connectivity index (χ2n) is 4.68. The quantitative estimate of drug-likeness (QED) is 0.591. The normalized spacial score (nSPS) is 10.3. The van der Waals surface area contributed by atoms with Gasteiger partial charge in [-0.25, -0.2) is 9.99 Å². The van der Waals surface area contributed by atoms with E-state index in [1.807, 2.05) is 38.2 Å². The van der Waals surface area contributed by atoms with Crippen LogP contribution in [0.15, 0.2) is 31.0 Å². The van der Waals surface area contributed by atoms with Crippen molar-refractivity contribution in [1.82, 2.24) is 9.99 Å². The number of aryl methyl sites for hydroxylation is 1. The first-order valence-electron chi connectivity index (χ1n) is 6.65. The first kappa shape index (κ1) is 16.0. The Morgan fingerprint density at radius 3 is 2.45 bits per heavy atom. The number of nitrogens with zero attached hydrogens (tertiary/aromatic N) is 3. The molecule has 20 heavy (non-hydrogen) atoms. The predicted octanol–water partition coefficient (Wildman–Crippen LogP) is 2.71. The Labute approximate surface area is 122 Å². The van der Waals surface area contributed by atoms with Gasteiger partial charge in [-0.15, -0.1) is 0 Å². The molecule has 2 N–H and O–H groups in total. The molecule has 0 fully saturated rings. The number of rotatable bonds is 7. The highest BCUT2D eigenvalue weighted by Gasteiger charge is 2.15. The van der Waals surface area contributed by atoms with Gasteiger partial charge in [0.05, 0.1) is 17.1 Å². The van der Waals surface area contributed by atoms with Gasteiger partial charge in [0.15, 0.2) is 5.82 Å². The van der Waals surface area contributed by atoms with Crippen LogP contribution in [0.4, 0.5) is 17.2 Å². The Balaban J connectivity index is 3.35. The summed E-state index contributed by atoms with van der Waals surface area (Å²) < 4.78 is 0. The zero-order valence-electron chi connectivity index (χ0n) is 13.1. The van der Waals surface area contributed by atoms with Crippen molar-refractivity contribution in [2.24, 2.45) is 0 Å². The van der Waals surface area contributed by atoms with E-state index in [2.05, 4.69) is 36.8 Å². The number of nitrogens with one attached hydrogen (secondary N) is 2. The van der Waals surface area contributed by atoms with Gasteiger partial charge in [-0.1, -0.05) is 20.1 Å². The minimum Gasteiger partial charge on any atom is -0.387 e. The Morgan fingerprint density at radius 2 is 2.00 bits per heavy atom. The van der Waals surface area contributed by atoms with Gasteiger partial charge in [0.25, 0.3) is 0 Å². The maximum atomic E-state index is 4.75. The van der Waals surface area contributed by atoms with E-state index in [0.29, 0.717) is 0 Å². The Bertz CT molecular complexity index is 493. The van der Waals surface area contributed by atoms with Crippen molar-refractivity contribution in [3.8, 4) is 0 Å². The molecule has 0 aromatic carbocycles. The molecule has 0 amide bonds. The molecule has 5 nitrogen and oxygen atoms in total. The molecule has 0 bridgehead atoms. The largest absolute Gasteiger partial charge is 0.387 e. The molecule has 0 atom stereocenters. The molecule has 0 saturated heterocycles. The molecule has 0 saturated carbocycles. The predicted molar refractivity (Wildman–Crippen MR) is 88.2 cm³/mol. The molecular formula is C15H25N5. The highest BCUT2D eigenvalue weighted by Crippen LogP contribution is 2.30. The van der Waals surface area contributed by atoms with E-state index < -0.39 is 0 Å². The first-order valence-corrected chi connectivity index (χ1v) is 6.65. The van der Waals surface area contributed by atoms with Gasteiger partial charge in [-0.2, -0.15) is 0 Å². The van der Waals surface area contributed by atoms with Gasteiger partial charge in [-0.05, 0) is 18.6 Å². The zero-order chi connectivity index (χ0) is 15.3. The van der Waals surface area contributed by atoms with Crippen molar-refractivity contribution in [2.45, 2.75) is 13.3 Å². The van der Waals surface area contributed by atoms with Crippen LogP contribution in [0.3, 0.4) is 0 Å². The molecule has 0 aliphatic heterocycles. The fraction of sp³-hybridized carbons (Fsp3) is 0.400. The molecule has 0 aliphatic rings. The number of aromatic nitrogens is 1. The topological polar surface area (TPSA) is 43.4 Å². The molecule has 0 spiro atoms. The smallest absolute Gasteiger partial charge is 0.167 e. The fourth-order valence-corrected chi connectivity index (χ4v) is 1.78. The lowest BCUT2D eigenvalue weighted by molar-refractivity contribution is 0.394. The molecular weight excluding hydrogens is 250 g/mol. The van der Waals surface area contributed by atoms with E-state index >= 15 is 0 Å². The molecule has 5 heteroatoms. The summed E-state index contributed by atoms with van der Waals surface area (Å²) in [5.74, 6) is 0.855. The van der Waals surface area contributed by atoms with Crippen LogP contribution in [0.1, 0.15) is 12.6 Å². The summed E-state index contributed by atoms with van der Waals surface area (Å²) in [6, 6.07) is 2.05. The molecule has 0 aliphatic carbocycles. The van der Waals surface area contributed by atoms with Crippen molar-refractivity contribution < 1.29 is 0 Å². The van der Waals surface area contributed by atoms with Crippen LogP contribution in [0.25, 0.3) is 0 Å². The van der Waals surface area contributed by atoms with Crippen LogP contribution in [0, 0.1) is 0 Å². The van der Waals surface area contributed by atoms with E-state index in [-0.39, 0.29) is 0 Å². The summed E-state index contributed by atoms with van der Waals surface area (Å²) >= 11 is 0. The summed E-state index contributed by atoms with van der Waals surface area (Å²) in [5, 5.41) is 10.4. The lowest BCUT2D eigenvalue weighted by Crippen LogP contribution is -2.34. The van der Waals surface area contributed by atoms with Gasteiger partial charge >= 0.3 is 0 Å². The van der Waals surface area contributed by atoms with Crippen LogP contribution in [-0.2, 0) is 6.42 Å². The zero-order valence-corrected chi connectivity index (χ0v) is 13.1. The first-order chi connectivity index (χ1) is 9.44. The van der Waals surface area contributed by atoms with Crippen molar-refractivity contribution in [3.05, 3.63) is 36.7 Å². The van der Waals surface area contributed by atoms with Crippen molar-refractivity contribution in [2.75, 3.05) is 43.8 Å². The average Bonchev–Trinajstić information content (AvgIpc) is 2.45. The number of hydrazine groups is 1. The highest BCUT2D eigenvalue weighted by molar-refractivity contribution is 5.73. The van der Waals surface area contributed by atoms with E-state index in [1.165, 1.54) is 0 Å². The van der Waals surface area contributed by atoms with Crippen LogP contribution in [-0.4, -0.2) is 38.2 Å². The lowest BCUT2D eigenvalue weighted by atomic mass is 10.2. The summed E-state index contributed by atoms with van der Waals surface area (Å²) in [7, 11) is 7.83. The Kier molecular flexibility index (Phi) is 5.58. The minimum absolute atomic E-state index is 0.742. The van der Waals surface area contributed by atoms with E-state index in [4.69, 9.17) is 4.98 Å². The van der Waals surface area contributed by atoms with Crippen molar-refractivity contribution >= 4 is 17.2 Å². The Morgan fingerprint density at radius 1 is 1.35 bits per heavy atom. The third-order valence-electron chi connectivity index (χ3n) is 3.13. The van der Waals surface area contributed by atoms with Crippen LogP contribution >= 0.6 is 0 Å². The van der Waals surface area contributed by atoms with Crippen molar-refractivity contribution in [1.29, 1.82) is 0 Å². The highest BCUT2D eigenvalue weighted by atomic mass is 15.6. The number of pyridine rings is 1. The maximum Gasteiger partial charge on any atom is 0.167 e. The fourth-order valence-electron chi connectivity index (χ4n) is 1.78. The standard InChI is InChI=1S/C15H25N5/c1-8-11(3)17-14-10-13(16-4)12(9-2)18-15(14)20(7)19(5)6/h8,10,16-17H,1,3,9H2,2,4-7H3. The van der Waals surface area contributed by atoms with E-state index in [9.17, 15) is 0 Å². The summed E-state index contributed by atoms with van der Waals surface area (Å²) in [6.07, 6.45) is 2.55. The second kappa shape index (κ2) is 6.96. The maximum absolute atomic E-state index is 4.75. The molecule has 1 aromatic heterocycles. The average molecular weight is 275 g/mol. The monoisotopic (exact) mass is 275 g/mol. The van der Waals surface area contributed by atoms with E-state index in [1.54, 1.807) is 6.08 Å². The third kappa shape index (κ3) is 3.51. The van der Waals surface area contributed by atoms with Crippen molar-refractivity contribution in [3.63, 3.8) is 0 Å². The lowest BCUT2D eigenvalue weighted by Gasteiger charge is -2.28. The van der Waals surface area contributed by atoms with Gasteiger partial charge in [0.2, 0.25) is 0 Å². The molecule has 1 rings (SSSR count). The number of hydrogen-bond donors (Lipinski definition) is 2. The second-order valence-corrected chi connectivity index (χ2v) is 4.68. The summed E-state index contributed by atoms with van der Waals surface area (Å²) in [5.41, 5.74) is 3.69. The van der Waals surface area contributed by atoms with Crippen LogP contribution in [0.5, 0.6) is 0 Å². The number of allylic oxidation sites excluding steroid dienone is 1. The molecule has 1 aromatic rings. The summed E-state index contributed by atoms with van der Waals surface area (Å²) in [6.45, 7) is 9.72. The minimum atomic E-state index is 0.742. The van der Waals surface area contributed by atoms with Gasteiger partial charge in [0.1, 0.15) is 0 Å². The van der Waals surface area contributed by atoms with Gasteiger partial charge in [-0.3, -0.25) is 5.01 Å².